The zero-order valence-electron chi connectivity index (χ0n) is 26.7. The van der Waals surface area contributed by atoms with Gasteiger partial charge >= 0.3 is 5.97 Å². The molecule has 0 spiro atoms. The van der Waals surface area contributed by atoms with Crippen LogP contribution in [0.4, 0.5) is 0 Å². The lowest BCUT2D eigenvalue weighted by Crippen LogP contribution is -2.52. The molecule has 4 aromatic rings. The number of amides is 2. The Labute approximate surface area is 268 Å². The molecule has 4 rings (SSSR count). The summed E-state index contributed by atoms with van der Waals surface area (Å²) in [5.74, 6) is -0.694. The molecule has 0 saturated heterocycles. The number of rotatable bonds is 9. The van der Waals surface area contributed by atoms with Gasteiger partial charge in [-0.3, -0.25) is 9.59 Å². The molecule has 0 aliphatic heterocycles. The Morgan fingerprint density at radius 1 is 0.822 bits per heavy atom. The number of aromatic hydroxyl groups is 1. The molecule has 9 nitrogen and oxygen atoms in total. The van der Waals surface area contributed by atoms with Crippen LogP contribution in [0.2, 0.25) is 0 Å². The average Bonchev–Trinajstić information content (AvgIpc) is 3.48. The van der Waals surface area contributed by atoms with Crippen molar-refractivity contribution in [1.29, 1.82) is 0 Å². The number of nitrogens with zero attached hydrogens (tertiary/aromatic N) is 2. The Bertz CT molecular complexity index is 1630. The van der Waals surface area contributed by atoms with Gasteiger partial charge in [-0.05, 0) is 68.5 Å². The third-order valence-corrected chi connectivity index (χ3v) is 8.32. The van der Waals surface area contributed by atoms with E-state index in [0.717, 1.165) is 27.1 Å². The smallest absolute Gasteiger partial charge is 0.328 e. The molecule has 2 aromatic heterocycles. The minimum atomic E-state index is -0.950. The first-order valence-electron chi connectivity index (χ1n) is 14.7. The zero-order valence-corrected chi connectivity index (χ0v) is 27.5. The van der Waals surface area contributed by atoms with Crippen molar-refractivity contribution in [2.75, 3.05) is 0 Å². The number of hydrogen-bond acceptors (Lipinski definition) is 8. The van der Waals surface area contributed by atoms with Gasteiger partial charge in [0.1, 0.15) is 23.4 Å². The SMILES string of the molecule is C[C@@H](NC(=O)C(Cc1ccc(-c2ncc(-c3ccc(O)cc3)cn2)cc1)NC(=O)c1ccc(C(C)(C)C)s1)C(=O)OC(C)(C)C. The Morgan fingerprint density at radius 2 is 1.42 bits per heavy atom. The summed E-state index contributed by atoms with van der Waals surface area (Å²) in [5, 5.41) is 15.1. The van der Waals surface area contributed by atoms with Gasteiger partial charge in [0.25, 0.3) is 5.91 Å². The summed E-state index contributed by atoms with van der Waals surface area (Å²) in [6.45, 7) is 13.1. The summed E-state index contributed by atoms with van der Waals surface area (Å²) in [5.41, 5.74) is 2.48. The molecule has 10 heteroatoms. The number of thiophene rings is 1. The molecule has 236 valence electrons. The van der Waals surface area contributed by atoms with E-state index in [-0.39, 0.29) is 23.5 Å². The quantitative estimate of drug-likeness (QED) is 0.192. The summed E-state index contributed by atoms with van der Waals surface area (Å²) < 4.78 is 5.41. The molecule has 0 fully saturated rings. The van der Waals surface area contributed by atoms with Crippen molar-refractivity contribution in [2.45, 2.75) is 78.0 Å². The van der Waals surface area contributed by atoms with Gasteiger partial charge in [0, 0.05) is 34.8 Å². The van der Waals surface area contributed by atoms with Crippen molar-refractivity contribution in [2.24, 2.45) is 0 Å². The van der Waals surface area contributed by atoms with Gasteiger partial charge in [0.15, 0.2) is 5.82 Å². The van der Waals surface area contributed by atoms with Crippen molar-refractivity contribution in [3.63, 3.8) is 0 Å². The van der Waals surface area contributed by atoms with E-state index in [2.05, 4.69) is 41.4 Å². The first-order chi connectivity index (χ1) is 21.1. The fourth-order valence-corrected chi connectivity index (χ4v) is 5.34. The lowest BCUT2D eigenvalue weighted by molar-refractivity contribution is -0.158. The minimum absolute atomic E-state index is 0.111. The number of carbonyl (C=O) groups excluding carboxylic acids is 3. The van der Waals surface area contributed by atoms with Crippen molar-refractivity contribution >= 4 is 29.1 Å². The number of carbonyl (C=O) groups is 3. The van der Waals surface area contributed by atoms with Crippen LogP contribution in [0, 0.1) is 0 Å². The van der Waals surface area contributed by atoms with Crippen molar-refractivity contribution < 1.29 is 24.2 Å². The molecule has 2 atom stereocenters. The predicted octanol–water partition coefficient (Wildman–Crippen LogP) is 6.06. The monoisotopic (exact) mass is 628 g/mol. The summed E-state index contributed by atoms with van der Waals surface area (Å²) in [7, 11) is 0. The Balaban J connectivity index is 1.51. The van der Waals surface area contributed by atoms with Crippen LogP contribution in [-0.4, -0.2) is 50.5 Å². The van der Waals surface area contributed by atoms with Crippen LogP contribution in [0.1, 0.15) is 68.6 Å². The Hall–Kier alpha value is -4.57. The van der Waals surface area contributed by atoms with Gasteiger partial charge in [-0.15, -0.1) is 11.3 Å². The third-order valence-electron chi connectivity index (χ3n) is 6.81. The van der Waals surface area contributed by atoms with E-state index in [4.69, 9.17) is 4.74 Å². The molecule has 1 unspecified atom stereocenters. The molecule has 2 amide bonds. The van der Waals surface area contributed by atoms with Crippen molar-refractivity contribution in [3.8, 4) is 28.3 Å². The van der Waals surface area contributed by atoms with Crippen LogP contribution in [0.5, 0.6) is 5.75 Å². The lowest BCUT2D eigenvalue weighted by Gasteiger charge is -2.24. The molecule has 0 aliphatic rings. The average molecular weight is 629 g/mol. The molecular weight excluding hydrogens is 588 g/mol. The van der Waals surface area contributed by atoms with Gasteiger partial charge in [0.2, 0.25) is 5.91 Å². The highest BCUT2D eigenvalue weighted by Gasteiger charge is 2.28. The molecule has 45 heavy (non-hydrogen) atoms. The maximum atomic E-state index is 13.5. The van der Waals surface area contributed by atoms with Crippen LogP contribution in [-0.2, 0) is 26.2 Å². The summed E-state index contributed by atoms with van der Waals surface area (Å²) >= 11 is 1.39. The fourth-order valence-electron chi connectivity index (χ4n) is 4.37. The number of ether oxygens (including phenoxy) is 1. The van der Waals surface area contributed by atoms with Gasteiger partial charge < -0.3 is 20.5 Å². The lowest BCUT2D eigenvalue weighted by atomic mass is 9.95. The molecule has 0 bridgehead atoms. The summed E-state index contributed by atoms with van der Waals surface area (Å²) in [4.78, 5) is 49.8. The zero-order chi connectivity index (χ0) is 32.9. The number of phenols is 1. The second kappa shape index (κ2) is 13.6. The second-order valence-electron chi connectivity index (χ2n) is 12.9. The van der Waals surface area contributed by atoms with Crippen LogP contribution < -0.4 is 10.6 Å². The van der Waals surface area contributed by atoms with Gasteiger partial charge in [-0.25, -0.2) is 14.8 Å². The standard InChI is InChI=1S/C35H40N4O5S/c1-21(33(43)44-35(5,6)7)38-31(41)27(39-32(42)28-16-17-29(45-28)34(2,3)4)18-22-8-10-24(11-9-22)30-36-19-25(20-37-30)23-12-14-26(40)15-13-23/h8-17,19-21,27,40H,18H2,1-7H3,(H,38,41)(H,39,42)/t21-,27?/m1/s1. The van der Waals surface area contributed by atoms with E-state index in [9.17, 15) is 19.5 Å². The van der Waals surface area contributed by atoms with E-state index in [1.54, 1.807) is 70.4 Å². The van der Waals surface area contributed by atoms with E-state index < -0.39 is 29.6 Å². The van der Waals surface area contributed by atoms with E-state index in [0.29, 0.717) is 10.7 Å². The number of phenolic OH excluding ortho intramolecular Hbond substituents is 1. The number of hydrogen-bond donors (Lipinski definition) is 3. The minimum Gasteiger partial charge on any atom is -0.508 e. The second-order valence-corrected chi connectivity index (χ2v) is 14.0. The van der Waals surface area contributed by atoms with Crippen molar-refractivity contribution in [1.82, 2.24) is 20.6 Å². The maximum absolute atomic E-state index is 13.5. The molecule has 2 heterocycles. The molecule has 0 aliphatic carbocycles. The van der Waals surface area contributed by atoms with Gasteiger partial charge in [0.05, 0.1) is 4.88 Å². The molecule has 0 saturated carbocycles. The van der Waals surface area contributed by atoms with Gasteiger partial charge in [-0.2, -0.15) is 0 Å². The number of aromatic nitrogens is 2. The summed E-state index contributed by atoms with van der Waals surface area (Å²) in [6.07, 6.45) is 3.64. The number of esters is 1. The highest BCUT2D eigenvalue weighted by atomic mass is 32.1. The van der Waals surface area contributed by atoms with Gasteiger partial charge in [-0.1, -0.05) is 57.2 Å². The van der Waals surface area contributed by atoms with Crippen LogP contribution in [0.15, 0.2) is 73.1 Å². The fraction of sp³-hybridized carbons (Fsp3) is 0.343. The number of benzene rings is 2. The highest BCUT2D eigenvalue weighted by Crippen LogP contribution is 2.29. The Morgan fingerprint density at radius 3 is 1.98 bits per heavy atom. The maximum Gasteiger partial charge on any atom is 0.328 e. The number of nitrogens with one attached hydrogen (secondary N) is 2. The largest absolute Gasteiger partial charge is 0.508 e. The van der Waals surface area contributed by atoms with E-state index in [1.807, 2.05) is 30.3 Å². The predicted molar refractivity (Wildman–Crippen MR) is 176 cm³/mol. The first kappa shape index (κ1) is 33.3. The van der Waals surface area contributed by atoms with Crippen molar-refractivity contribution in [3.05, 3.63) is 88.4 Å². The molecule has 0 radical (unpaired) electrons. The highest BCUT2D eigenvalue weighted by molar-refractivity contribution is 7.14. The van der Waals surface area contributed by atoms with E-state index >= 15 is 0 Å². The van der Waals surface area contributed by atoms with E-state index in [1.165, 1.54) is 11.3 Å². The van der Waals surface area contributed by atoms with Crippen LogP contribution >= 0.6 is 11.3 Å². The van der Waals surface area contributed by atoms with Crippen LogP contribution in [0.25, 0.3) is 22.5 Å². The molecular formula is C35H40N4O5S. The normalized spacial score (nSPS) is 13.0. The summed E-state index contributed by atoms with van der Waals surface area (Å²) in [6, 6.07) is 16.1. The first-order valence-corrected chi connectivity index (χ1v) is 15.6. The topological polar surface area (TPSA) is 131 Å². The molecule has 2 aromatic carbocycles. The third kappa shape index (κ3) is 9.21. The van der Waals surface area contributed by atoms with Crippen LogP contribution in [0.3, 0.4) is 0 Å². The Kier molecular flexibility index (Phi) is 10.1. The molecule has 3 N–H and O–H groups in total.